The van der Waals surface area contributed by atoms with Gasteiger partial charge in [0.2, 0.25) is 0 Å². The number of hydrogen-bond donors (Lipinski definition) is 1. The number of ether oxygens (including phenoxy) is 1. The van der Waals surface area contributed by atoms with Gasteiger partial charge in [-0.25, -0.2) is 9.07 Å². The van der Waals surface area contributed by atoms with Crippen molar-refractivity contribution in [2.75, 3.05) is 13.1 Å². The number of likely N-dealkylation sites (tertiary alicyclic amines) is 1. The van der Waals surface area contributed by atoms with Gasteiger partial charge in [-0.2, -0.15) is 0 Å². The van der Waals surface area contributed by atoms with Gasteiger partial charge in [0, 0.05) is 25.7 Å². The van der Waals surface area contributed by atoms with E-state index in [2.05, 4.69) is 15.2 Å². The van der Waals surface area contributed by atoms with Gasteiger partial charge in [-0.15, -0.1) is 5.10 Å². The number of benzene rings is 1. The number of piperidine rings is 1. The first-order valence-electron chi connectivity index (χ1n) is 8.45. The summed E-state index contributed by atoms with van der Waals surface area (Å²) >= 11 is 0. The van der Waals surface area contributed by atoms with Crippen molar-refractivity contribution in [3.63, 3.8) is 0 Å². The van der Waals surface area contributed by atoms with Gasteiger partial charge in [0.05, 0.1) is 18.8 Å². The van der Waals surface area contributed by atoms with Gasteiger partial charge in [0.25, 0.3) is 0 Å². The number of fused-ring (bicyclic) bond motifs is 1. The van der Waals surface area contributed by atoms with Crippen LogP contribution in [0.1, 0.15) is 35.9 Å². The quantitative estimate of drug-likeness (QED) is 0.925. The molecule has 2 aromatic rings. The molecular weight excluding hydrogens is 309 g/mol. The third-order valence-electron chi connectivity index (χ3n) is 4.90. The van der Waals surface area contributed by atoms with Crippen molar-refractivity contribution in [1.82, 2.24) is 19.9 Å². The number of nitrogens with zero attached hydrogens (tertiary/aromatic N) is 4. The molecule has 0 saturated carbocycles. The predicted octanol–water partition coefficient (Wildman–Crippen LogP) is 1.61. The Labute approximate surface area is 140 Å². The molecule has 0 bridgehead atoms. The standard InChI is InChI=1S/C17H22FN5O/c18-13-3-1-2-12(8-13)17-10-23-16(11-24-17)15(20-21-23)9-22-6-4-14(19)5-7-22/h1-3,8,14,17H,4-7,9-11,19H2/t17-/m1/s1. The normalized spacial score (nSPS) is 22.5. The Hall–Kier alpha value is -1.83. The number of hydrogen-bond acceptors (Lipinski definition) is 5. The molecule has 2 N–H and O–H groups in total. The molecule has 0 spiro atoms. The van der Waals surface area contributed by atoms with Crippen LogP contribution in [0.2, 0.25) is 0 Å². The lowest BCUT2D eigenvalue weighted by molar-refractivity contribution is -0.00231. The predicted molar refractivity (Wildman–Crippen MR) is 86.4 cm³/mol. The summed E-state index contributed by atoms with van der Waals surface area (Å²) in [5, 5.41) is 8.62. The van der Waals surface area contributed by atoms with Gasteiger partial charge < -0.3 is 10.5 Å². The zero-order valence-corrected chi connectivity index (χ0v) is 13.6. The first-order chi connectivity index (χ1) is 11.7. The average molecular weight is 331 g/mol. The van der Waals surface area contributed by atoms with Gasteiger partial charge in [0.15, 0.2) is 0 Å². The van der Waals surface area contributed by atoms with Crippen LogP contribution in [0.15, 0.2) is 24.3 Å². The van der Waals surface area contributed by atoms with Gasteiger partial charge in [0.1, 0.15) is 17.6 Å². The molecule has 1 atom stereocenters. The molecule has 1 saturated heterocycles. The van der Waals surface area contributed by atoms with Crippen LogP contribution < -0.4 is 5.73 Å². The molecule has 1 fully saturated rings. The molecule has 0 unspecified atom stereocenters. The van der Waals surface area contributed by atoms with Gasteiger partial charge in [-0.3, -0.25) is 4.90 Å². The highest BCUT2D eigenvalue weighted by atomic mass is 19.1. The van der Waals surface area contributed by atoms with Crippen molar-refractivity contribution in [1.29, 1.82) is 0 Å². The summed E-state index contributed by atoms with van der Waals surface area (Å²) in [6, 6.07) is 6.87. The fourth-order valence-corrected chi connectivity index (χ4v) is 3.42. The second-order valence-corrected chi connectivity index (χ2v) is 6.63. The van der Waals surface area contributed by atoms with Crippen LogP contribution in [0.5, 0.6) is 0 Å². The molecule has 1 aromatic carbocycles. The average Bonchev–Trinajstić information content (AvgIpc) is 2.99. The lowest BCUT2D eigenvalue weighted by Gasteiger charge is -2.30. The first-order valence-corrected chi connectivity index (χ1v) is 8.45. The van der Waals surface area contributed by atoms with E-state index in [1.54, 1.807) is 6.07 Å². The van der Waals surface area contributed by atoms with E-state index in [1.807, 2.05) is 10.7 Å². The molecule has 3 heterocycles. The van der Waals surface area contributed by atoms with Crippen molar-refractivity contribution in [2.24, 2.45) is 5.73 Å². The zero-order chi connectivity index (χ0) is 16.5. The van der Waals surface area contributed by atoms with E-state index < -0.39 is 0 Å². The third kappa shape index (κ3) is 3.19. The van der Waals surface area contributed by atoms with E-state index in [1.165, 1.54) is 12.1 Å². The van der Waals surface area contributed by atoms with Crippen LogP contribution in [0.4, 0.5) is 4.39 Å². The van der Waals surface area contributed by atoms with Crippen LogP contribution in [-0.2, 0) is 24.4 Å². The highest BCUT2D eigenvalue weighted by Gasteiger charge is 2.26. The number of halogens is 1. The molecule has 0 aliphatic carbocycles. The minimum atomic E-state index is -0.246. The van der Waals surface area contributed by atoms with Crippen molar-refractivity contribution < 1.29 is 9.13 Å². The highest BCUT2D eigenvalue weighted by molar-refractivity contribution is 5.20. The Kier molecular flexibility index (Phi) is 4.30. The molecule has 1 aromatic heterocycles. The van der Waals surface area contributed by atoms with Crippen LogP contribution >= 0.6 is 0 Å². The Morgan fingerprint density at radius 2 is 2.12 bits per heavy atom. The van der Waals surface area contributed by atoms with Crippen LogP contribution in [0.25, 0.3) is 0 Å². The molecule has 6 nitrogen and oxygen atoms in total. The smallest absolute Gasteiger partial charge is 0.123 e. The number of nitrogens with two attached hydrogens (primary N) is 1. The first kappa shape index (κ1) is 15.7. The molecule has 128 valence electrons. The van der Waals surface area contributed by atoms with Gasteiger partial charge in [-0.05, 0) is 30.5 Å². The monoisotopic (exact) mass is 331 g/mol. The van der Waals surface area contributed by atoms with Crippen molar-refractivity contribution >= 4 is 0 Å². The Morgan fingerprint density at radius 3 is 2.92 bits per heavy atom. The van der Waals surface area contributed by atoms with Gasteiger partial charge >= 0.3 is 0 Å². The highest BCUT2D eigenvalue weighted by Crippen LogP contribution is 2.27. The van der Waals surface area contributed by atoms with Crippen LogP contribution in [0.3, 0.4) is 0 Å². The van der Waals surface area contributed by atoms with E-state index in [9.17, 15) is 4.39 Å². The van der Waals surface area contributed by atoms with E-state index in [0.29, 0.717) is 19.2 Å². The molecule has 24 heavy (non-hydrogen) atoms. The molecule has 4 rings (SSSR count). The largest absolute Gasteiger partial charge is 0.365 e. The van der Waals surface area contributed by atoms with E-state index in [4.69, 9.17) is 10.5 Å². The van der Waals surface area contributed by atoms with Crippen LogP contribution in [-0.4, -0.2) is 39.0 Å². The summed E-state index contributed by atoms with van der Waals surface area (Å²) in [4.78, 5) is 2.37. The fraction of sp³-hybridized carbons (Fsp3) is 0.529. The molecule has 2 aliphatic rings. The van der Waals surface area contributed by atoms with Crippen molar-refractivity contribution in [3.8, 4) is 0 Å². The minimum absolute atomic E-state index is 0.185. The summed E-state index contributed by atoms with van der Waals surface area (Å²) in [7, 11) is 0. The number of aromatic nitrogens is 3. The molecule has 0 amide bonds. The van der Waals surface area contributed by atoms with Gasteiger partial charge in [-0.1, -0.05) is 17.3 Å². The van der Waals surface area contributed by atoms with E-state index in [-0.39, 0.29) is 11.9 Å². The number of rotatable bonds is 3. The Balaban J connectivity index is 1.45. The summed E-state index contributed by atoms with van der Waals surface area (Å²) in [5.41, 5.74) is 8.79. The van der Waals surface area contributed by atoms with Crippen molar-refractivity contribution in [2.45, 2.75) is 44.7 Å². The maximum absolute atomic E-state index is 13.4. The molecular formula is C17H22FN5O. The van der Waals surface area contributed by atoms with E-state index >= 15 is 0 Å². The maximum Gasteiger partial charge on any atom is 0.123 e. The topological polar surface area (TPSA) is 69.2 Å². The molecule has 7 heteroatoms. The van der Waals surface area contributed by atoms with Crippen molar-refractivity contribution in [3.05, 3.63) is 47.0 Å². The summed E-state index contributed by atoms with van der Waals surface area (Å²) in [6.45, 7) is 3.81. The Bertz CT molecular complexity index is 711. The summed E-state index contributed by atoms with van der Waals surface area (Å²) in [6.07, 6.45) is 1.87. The maximum atomic E-state index is 13.4. The Morgan fingerprint density at radius 1 is 1.29 bits per heavy atom. The fourth-order valence-electron chi connectivity index (χ4n) is 3.42. The minimum Gasteiger partial charge on any atom is -0.365 e. The second kappa shape index (κ2) is 6.58. The SMILES string of the molecule is NC1CCN(Cc2nnn3c2CO[C@@H](c2cccc(F)c2)C3)CC1. The lowest BCUT2D eigenvalue weighted by atomic mass is 10.1. The molecule has 0 radical (unpaired) electrons. The van der Waals surface area contributed by atoms with Crippen LogP contribution in [0, 0.1) is 5.82 Å². The lowest BCUT2D eigenvalue weighted by Crippen LogP contribution is -2.39. The molecule has 2 aliphatic heterocycles. The second-order valence-electron chi connectivity index (χ2n) is 6.63. The van der Waals surface area contributed by atoms with E-state index in [0.717, 1.165) is 49.4 Å². The zero-order valence-electron chi connectivity index (χ0n) is 13.6. The summed E-state index contributed by atoms with van der Waals surface area (Å²) < 4.78 is 21.2. The summed E-state index contributed by atoms with van der Waals surface area (Å²) in [5.74, 6) is -0.246. The third-order valence-corrected chi connectivity index (χ3v) is 4.90.